The molecule has 0 fully saturated rings. The maximum Gasteiger partial charge on any atom is 0.472 e. The third-order valence-corrected chi connectivity index (χ3v) is 17.4. The number of aliphatic hydroxyl groups is 1. The fraction of sp³-hybridized carbons (Fsp3) is 0.940. The van der Waals surface area contributed by atoms with Gasteiger partial charge in [-0.25, -0.2) is 9.13 Å². The molecule has 0 aromatic heterocycles. The van der Waals surface area contributed by atoms with Gasteiger partial charge in [0.05, 0.1) is 26.4 Å². The molecule has 0 amide bonds. The first kappa shape index (κ1) is 84.1. The van der Waals surface area contributed by atoms with Gasteiger partial charge < -0.3 is 33.8 Å². The van der Waals surface area contributed by atoms with E-state index in [1.807, 2.05) is 0 Å². The van der Waals surface area contributed by atoms with Gasteiger partial charge in [-0.3, -0.25) is 37.3 Å². The first-order valence-corrected chi connectivity index (χ1v) is 38.0. The minimum absolute atomic E-state index is 0.103. The summed E-state index contributed by atoms with van der Waals surface area (Å²) in [6, 6.07) is 0. The van der Waals surface area contributed by atoms with Crippen molar-refractivity contribution in [3.05, 3.63) is 0 Å². The van der Waals surface area contributed by atoms with Crippen LogP contribution >= 0.6 is 15.6 Å². The topological polar surface area (TPSA) is 237 Å². The lowest BCUT2D eigenvalue weighted by molar-refractivity contribution is -0.161. The molecule has 0 aromatic rings. The van der Waals surface area contributed by atoms with E-state index in [4.69, 9.17) is 37.0 Å². The number of aliphatic hydroxyl groups excluding tert-OH is 1. The van der Waals surface area contributed by atoms with Gasteiger partial charge in [0.25, 0.3) is 0 Å². The van der Waals surface area contributed by atoms with Crippen molar-refractivity contribution in [3.63, 3.8) is 0 Å². The van der Waals surface area contributed by atoms with E-state index in [2.05, 4.69) is 41.5 Å². The van der Waals surface area contributed by atoms with E-state index < -0.39 is 97.5 Å². The molecule has 0 bridgehead atoms. The molecule has 3 N–H and O–H groups in total. The summed E-state index contributed by atoms with van der Waals surface area (Å²) in [4.78, 5) is 72.3. The Morgan fingerprint density at radius 1 is 0.314 bits per heavy atom. The van der Waals surface area contributed by atoms with Gasteiger partial charge in [0, 0.05) is 25.7 Å². The van der Waals surface area contributed by atoms with E-state index in [1.165, 1.54) is 154 Å². The minimum atomic E-state index is -4.95. The van der Waals surface area contributed by atoms with Crippen LogP contribution in [0.25, 0.3) is 0 Å². The largest absolute Gasteiger partial charge is 0.472 e. The first-order valence-electron chi connectivity index (χ1n) is 35.0. The molecule has 0 heterocycles. The summed E-state index contributed by atoms with van der Waals surface area (Å²) in [7, 11) is -9.89. The summed E-state index contributed by atoms with van der Waals surface area (Å²) in [5.74, 6) is -0.710. The van der Waals surface area contributed by atoms with Gasteiger partial charge in [-0.1, -0.05) is 286 Å². The highest BCUT2D eigenvalue weighted by Crippen LogP contribution is 2.45. The molecule has 0 aliphatic heterocycles. The van der Waals surface area contributed by atoms with Crippen LogP contribution < -0.4 is 0 Å². The molecule has 0 aromatic carbocycles. The molecule has 2 unspecified atom stereocenters. The van der Waals surface area contributed by atoms with Crippen LogP contribution in [0.3, 0.4) is 0 Å². The second-order valence-electron chi connectivity index (χ2n) is 25.2. The van der Waals surface area contributed by atoms with Gasteiger partial charge in [0.2, 0.25) is 0 Å². The zero-order valence-electron chi connectivity index (χ0n) is 55.6. The van der Waals surface area contributed by atoms with Gasteiger partial charge >= 0.3 is 39.5 Å². The maximum atomic E-state index is 13.0. The quantitative estimate of drug-likeness (QED) is 0.0222. The molecular weight excluding hydrogens is 1140 g/mol. The van der Waals surface area contributed by atoms with Crippen LogP contribution in [0.2, 0.25) is 0 Å². The van der Waals surface area contributed by atoms with Crippen molar-refractivity contribution in [3.8, 4) is 0 Å². The summed E-state index contributed by atoms with van der Waals surface area (Å²) in [5.41, 5.74) is 0. The molecule has 0 spiro atoms. The number of unbranched alkanes of at least 4 members (excludes halogenated alkanes) is 36. The second kappa shape index (κ2) is 59.4. The van der Waals surface area contributed by atoms with E-state index in [1.54, 1.807) is 0 Å². The molecule has 0 saturated heterocycles. The van der Waals surface area contributed by atoms with Crippen molar-refractivity contribution in [2.75, 3.05) is 39.6 Å². The molecule has 510 valence electrons. The lowest BCUT2D eigenvalue weighted by atomic mass is 10.0. The molecule has 86 heavy (non-hydrogen) atoms. The Kier molecular flexibility index (Phi) is 58.0. The molecular formula is C67H130O17P2. The number of ether oxygens (including phenoxy) is 4. The number of phosphoric acid groups is 2. The summed E-state index contributed by atoms with van der Waals surface area (Å²) >= 11 is 0. The smallest absolute Gasteiger partial charge is 0.462 e. The minimum Gasteiger partial charge on any atom is -0.462 e. The van der Waals surface area contributed by atoms with Crippen LogP contribution in [0.1, 0.15) is 337 Å². The van der Waals surface area contributed by atoms with Gasteiger partial charge in [-0.05, 0) is 37.5 Å². The molecule has 0 aliphatic carbocycles. The first-order chi connectivity index (χ1) is 41.4. The zero-order chi connectivity index (χ0) is 63.6. The average Bonchev–Trinajstić information content (AvgIpc) is 3.65. The Bertz CT molecular complexity index is 1680. The monoisotopic (exact) mass is 1270 g/mol. The highest BCUT2D eigenvalue weighted by Gasteiger charge is 2.30. The summed E-state index contributed by atoms with van der Waals surface area (Å²) in [5, 5.41) is 10.6. The zero-order valence-corrected chi connectivity index (χ0v) is 57.4. The molecule has 17 nitrogen and oxygen atoms in total. The predicted octanol–water partition coefficient (Wildman–Crippen LogP) is 18.8. The number of hydrogen-bond donors (Lipinski definition) is 3. The van der Waals surface area contributed by atoms with Gasteiger partial charge in [0.1, 0.15) is 19.3 Å². The fourth-order valence-electron chi connectivity index (χ4n) is 10.1. The van der Waals surface area contributed by atoms with E-state index in [9.17, 15) is 43.2 Å². The van der Waals surface area contributed by atoms with Gasteiger partial charge in [0.15, 0.2) is 12.2 Å². The average molecular weight is 1270 g/mol. The lowest BCUT2D eigenvalue weighted by Gasteiger charge is -2.21. The van der Waals surface area contributed by atoms with Crippen molar-refractivity contribution in [2.45, 2.75) is 355 Å². The number of carbonyl (C=O) groups is 4. The molecule has 19 heteroatoms. The summed E-state index contributed by atoms with van der Waals surface area (Å²) in [6.45, 7) is 9.41. The van der Waals surface area contributed by atoms with Crippen LogP contribution in [0, 0.1) is 11.8 Å². The Labute approximate surface area is 524 Å². The highest BCUT2D eigenvalue weighted by atomic mass is 31.2. The van der Waals surface area contributed by atoms with Crippen molar-refractivity contribution in [1.29, 1.82) is 0 Å². The number of rotatable bonds is 66. The fourth-order valence-corrected chi connectivity index (χ4v) is 11.6. The number of hydrogen-bond acceptors (Lipinski definition) is 15. The third-order valence-electron chi connectivity index (χ3n) is 15.5. The van der Waals surface area contributed by atoms with Crippen molar-refractivity contribution >= 4 is 39.5 Å². The number of carbonyl (C=O) groups excluding carboxylic acids is 4. The molecule has 0 aliphatic rings. The van der Waals surface area contributed by atoms with Crippen LogP contribution in [0.5, 0.6) is 0 Å². The van der Waals surface area contributed by atoms with Crippen molar-refractivity contribution in [1.82, 2.24) is 0 Å². The third kappa shape index (κ3) is 60.9. The van der Waals surface area contributed by atoms with Crippen molar-refractivity contribution in [2.24, 2.45) is 11.8 Å². The van der Waals surface area contributed by atoms with Crippen molar-refractivity contribution < 1.29 is 80.2 Å². The van der Waals surface area contributed by atoms with Crippen LogP contribution in [-0.4, -0.2) is 96.7 Å². The van der Waals surface area contributed by atoms with E-state index in [0.717, 1.165) is 95.8 Å². The number of esters is 4. The lowest BCUT2D eigenvalue weighted by Crippen LogP contribution is -2.30. The van der Waals surface area contributed by atoms with Crippen LogP contribution in [-0.2, 0) is 65.4 Å². The second-order valence-corrected chi connectivity index (χ2v) is 28.1. The maximum absolute atomic E-state index is 13.0. The highest BCUT2D eigenvalue weighted by molar-refractivity contribution is 7.47. The summed E-state index contributed by atoms with van der Waals surface area (Å²) in [6.07, 6.45) is 43.2. The van der Waals surface area contributed by atoms with Crippen LogP contribution in [0.15, 0.2) is 0 Å². The Balaban J connectivity index is 5.22. The van der Waals surface area contributed by atoms with E-state index >= 15 is 0 Å². The predicted molar refractivity (Wildman–Crippen MR) is 345 cm³/mol. The molecule has 0 saturated carbocycles. The van der Waals surface area contributed by atoms with Gasteiger partial charge in [-0.2, -0.15) is 0 Å². The SMILES string of the molecule is CCCCCCCCCCCCCCCCCCC(=O)O[C@H](COC(=O)CCCCCCCCCCC(C)C)COP(=O)(O)OC[C@@H](O)COP(=O)(O)OC[C@@H](COC(=O)CCCCCCCCCCC)OC(=O)CCCCCCCCCC(C)C. The Morgan fingerprint density at radius 3 is 0.791 bits per heavy atom. The van der Waals surface area contributed by atoms with Gasteiger partial charge in [-0.15, -0.1) is 0 Å². The van der Waals surface area contributed by atoms with E-state index in [0.29, 0.717) is 31.6 Å². The number of phosphoric ester groups is 2. The molecule has 0 radical (unpaired) electrons. The Morgan fingerprint density at radius 2 is 0.535 bits per heavy atom. The van der Waals surface area contributed by atoms with E-state index in [-0.39, 0.29) is 25.7 Å². The molecule has 0 rings (SSSR count). The van der Waals surface area contributed by atoms with Crippen LogP contribution in [0.4, 0.5) is 0 Å². The summed E-state index contributed by atoms with van der Waals surface area (Å²) < 4.78 is 68.1. The normalized spacial score (nSPS) is 14.2. The standard InChI is InChI=1S/C67H130O17P2/c1-7-9-11-13-15-17-18-19-20-21-22-23-25-33-39-45-51-66(71)83-62(55-78-65(70)50-44-38-32-27-26-29-35-41-47-59(3)4)57-81-85(73,74)79-53-61(68)54-80-86(75,76)82-58-63(56-77-64(69)49-43-37-31-24-16-14-12-10-8-2)84-67(72)52-46-40-34-28-30-36-42-48-60(5)6/h59-63,68H,7-58H2,1-6H3,(H,73,74)(H,75,76)/t61-,62-,63-/m1/s1. The molecule has 5 atom stereocenters. The Hall–Kier alpha value is -1.94.